The summed E-state index contributed by atoms with van der Waals surface area (Å²) in [7, 11) is -0.826. The van der Waals surface area contributed by atoms with Gasteiger partial charge in [0.25, 0.3) is 0 Å². The van der Waals surface area contributed by atoms with E-state index in [0.717, 1.165) is 22.4 Å². The Kier molecular flexibility index (Phi) is 13.7. The van der Waals surface area contributed by atoms with E-state index in [1.54, 1.807) is 14.0 Å². The Morgan fingerprint density at radius 1 is 0.717 bits per heavy atom. The average molecular weight is 651 g/mol. The molecule has 0 fully saturated rings. The zero-order valence-electron chi connectivity index (χ0n) is 29.1. The van der Waals surface area contributed by atoms with Crippen LogP contribution in [0.4, 0.5) is 0 Å². The Bertz CT molecular complexity index is 1320. The third-order valence-corrected chi connectivity index (χ3v) is 13.5. The van der Waals surface area contributed by atoms with E-state index >= 15 is 0 Å². The van der Waals surface area contributed by atoms with Crippen LogP contribution in [0, 0.1) is 5.41 Å². The van der Waals surface area contributed by atoms with E-state index < -0.39 is 38.1 Å². The van der Waals surface area contributed by atoms with Gasteiger partial charge in [-0.15, -0.1) is 0 Å². The molecule has 3 rings (SSSR count). The van der Waals surface area contributed by atoms with Gasteiger partial charge in [-0.2, -0.15) is 0 Å². The van der Waals surface area contributed by atoms with Crippen molar-refractivity contribution < 1.29 is 33.3 Å². The van der Waals surface area contributed by atoms with Crippen LogP contribution in [0.25, 0.3) is 0 Å². The summed E-state index contributed by atoms with van der Waals surface area (Å²) in [6, 6.07) is 27.3. The number of ether oxygens (including phenoxy) is 4. The first-order chi connectivity index (χ1) is 21.7. The van der Waals surface area contributed by atoms with E-state index in [4.69, 9.17) is 23.4 Å². The number of methoxy groups -OCH3 is 1. The molecule has 0 saturated heterocycles. The molecule has 1 N–H and O–H groups in total. The van der Waals surface area contributed by atoms with Crippen molar-refractivity contribution in [1.82, 2.24) is 0 Å². The molecule has 252 valence electrons. The first-order valence-electron chi connectivity index (χ1n) is 16.0. The maximum atomic E-state index is 13.5. The fourth-order valence-corrected chi connectivity index (χ4v) is 6.58. The van der Waals surface area contributed by atoms with E-state index in [9.17, 15) is 9.90 Å². The van der Waals surface area contributed by atoms with Crippen molar-refractivity contribution in [3.63, 3.8) is 0 Å². The molecule has 0 aliphatic carbocycles. The highest BCUT2D eigenvalue weighted by atomic mass is 28.4. The van der Waals surface area contributed by atoms with Gasteiger partial charge in [-0.05, 0) is 53.9 Å². The molecular formula is C38H54O7Si. The number of ketones is 1. The molecule has 0 spiro atoms. The standard InChI is InChI=1S/C38H54O7Si/c1-28(40)34(43-26-30-18-14-11-15-19-30)36(45-46(8,9)37(2,3)4)38(5,6)35(44-27-31-20-22-32(41-7)23-21-31)33(24-39)42-25-29-16-12-10-13-17-29/h10-23,33-36,39H,24-27H2,1-9H3. The van der Waals surface area contributed by atoms with Gasteiger partial charge in [-0.3, -0.25) is 4.79 Å². The van der Waals surface area contributed by atoms with E-state index in [-0.39, 0.29) is 30.6 Å². The minimum Gasteiger partial charge on any atom is -0.497 e. The summed E-state index contributed by atoms with van der Waals surface area (Å²) in [5.74, 6) is 0.620. The minimum atomic E-state index is -2.46. The molecule has 8 heteroatoms. The zero-order chi connectivity index (χ0) is 34.0. The maximum Gasteiger partial charge on any atom is 0.192 e. The number of aliphatic hydroxyl groups excluding tert-OH is 1. The van der Waals surface area contributed by atoms with Crippen LogP contribution >= 0.6 is 0 Å². The molecule has 0 aliphatic rings. The predicted octanol–water partition coefficient (Wildman–Crippen LogP) is 7.75. The fourth-order valence-electron chi connectivity index (χ4n) is 5.16. The smallest absolute Gasteiger partial charge is 0.192 e. The van der Waals surface area contributed by atoms with Crippen molar-refractivity contribution in [2.45, 2.75) is 104 Å². The molecule has 0 aromatic heterocycles. The summed E-state index contributed by atoms with van der Waals surface area (Å²) < 4.78 is 32.1. The molecular weight excluding hydrogens is 596 g/mol. The lowest BCUT2D eigenvalue weighted by molar-refractivity contribution is -0.190. The highest BCUT2D eigenvalue weighted by Crippen LogP contribution is 2.44. The lowest BCUT2D eigenvalue weighted by atomic mass is 9.75. The van der Waals surface area contributed by atoms with Crippen molar-refractivity contribution in [2.75, 3.05) is 13.7 Å². The number of Topliss-reactive ketones (excluding diaryl/α,β-unsaturated/α-hetero) is 1. The number of benzene rings is 3. The van der Waals surface area contributed by atoms with Crippen molar-refractivity contribution in [1.29, 1.82) is 0 Å². The molecule has 3 aromatic carbocycles. The third kappa shape index (κ3) is 10.3. The van der Waals surface area contributed by atoms with E-state index in [1.807, 2.05) is 98.8 Å². The van der Waals surface area contributed by atoms with Gasteiger partial charge in [-0.25, -0.2) is 0 Å². The monoisotopic (exact) mass is 650 g/mol. The van der Waals surface area contributed by atoms with Crippen LogP contribution in [0.1, 0.15) is 58.2 Å². The zero-order valence-corrected chi connectivity index (χ0v) is 30.1. The van der Waals surface area contributed by atoms with Gasteiger partial charge < -0.3 is 28.5 Å². The van der Waals surface area contributed by atoms with E-state index in [1.165, 1.54) is 0 Å². The summed E-state index contributed by atoms with van der Waals surface area (Å²) in [6.45, 7) is 17.0. The van der Waals surface area contributed by atoms with Crippen LogP contribution in [0.5, 0.6) is 5.75 Å². The second-order valence-electron chi connectivity index (χ2n) is 14.0. The second-order valence-corrected chi connectivity index (χ2v) is 18.8. The topological polar surface area (TPSA) is 83.5 Å². The van der Waals surface area contributed by atoms with Crippen LogP contribution in [0.15, 0.2) is 84.9 Å². The fraction of sp³-hybridized carbons (Fsp3) is 0.500. The highest BCUT2D eigenvalue weighted by Gasteiger charge is 2.52. The van der Waals surface area contributed by atoms with Gasteiger partial charge in [0, 0.05) is 5.41 Å². The molecule has 0 radical (unpaired) electrons. The molecule has 3 aromatic rings. The van der Waals surface area contributed by atoms with Crippen molar-refractivity contribution in [3.8, 4) is 5.75 Å². The van der Waals surface area contributed by atoms with Crippen LogP contribution in [0.3, 0.4) is 0 Å². The molecule has 0 saturated carbocycles. The first kappa shape index (κ1) is 37.6. The Morgan fingerprint density at radius 3 is 1.65 bits per heavy atom. The average Bonchev–Trinajstić information content (AvgIpc) is 3.02. The van der Waals surface area contributed by atoms with Crippen LogP contribution in [-0.2, 0) is 43.3 Å². The Labute approximate surface area is 277 Å². The summed E-state index contributed by atoms with van der Waals surface area (Å²) in [4.78, 5) is 13.5. The molecule has 46 heavy (non-hydrogen) atoms. The molecule has 0 amide bonds. The number of hydrogen-bond acceptors (Lipinski definition) is 7. The first-order valence-corrected chi connectivity index (χ1v) is 18.9. The minimum absolute atomic E-state index is 0.132. The Balaban J connectivity index is 2.05. The number of carbonyl (C=O) groups excluding carboxylic acids is 1. The van der Waals surface area contributed by atoms with Gasteiger partial charge in [-0.1, -0.05) is 107 Å². The summed E-state index contributed by atoms with van der Waals surface area (Å²) in [5.41, 5.74) is 2.02. The second kappa shape index (κ2) is 16.8. The molecule has 0 bridgehead atoms. The largest absolute Gasteiger partial charge is 0.497 e. The predicted molar refractivity (Wildman–Crippen MR) is 185 cm³/mol. The molecule has 7 nitrogen and oxygen atoms in total. The van der Waals surface area contributed by atoms with E-state index in [2.05, 4.69) is 33.9 Å². The van der Waals surface area contributed by atoms with Crippen LogP contribution in [0.2, 0.25) is 18.1 Å². The summed E-state index contributed by atoms with van der Waals surface area (Å²) >= 11 is 0. The number of aliphatic hydroxyl groups is 1. The van der Waals surface area contributed by atoms with Crippen molar-refractivity contribution >= 4 is 14.1 Å². The van der Waals surface area contributed by atoms with Gasteiger partial charge in [0.05, 0.1) is 45.7 Å². The van der Waals surface area contributed by atoms with Gasteiger partial charge >= 0.3 is 0 Å². The normalized spacial score (nSPS) is 15.2. The maximum absolute atomic E-state index is 13.5. The third-order valence-electron chi connectivity index (χ3n) is 9.06. The van der Waals surface area contributed by atoms with Gasteiger partial charge in [0.1, 0.15) is 18.0 Å². The lowest BCUT2D eigenvalue weighted by Crippen LogP contribution is -2.60. The van der Waals surface area contributed by atoms with Gasteiger partial charge in [0.2, 0.25) is 0 Å². The van der Waals surface area contributed by atoms with Crippen molar-refractivity contribution in [3.05, 3.63) is 102 Å². The summed E-state index contributed by atoms with van der Waals surface area (Å²) in [6.07, 6.45) is -2.99. The molecule has 4 atom stereocenters. The Morgan fingerprint density at radius 2 is 1.20 bits per heavy atom. The van der Waals surface area contributed by atoms with Gasteiger partial charge in [0.15, 0.2) is 14.1 Å². The molecule has 0 heterocycles. The number of hydrogen-bond donors (Lipinski definition) is 1. The quantitative estimate of drug-likeness (QED) is 0.141. The van der Waals surface area contributed by atoms with Crippen molar-refractivity contribution in [2.24, 2.45) is 5.41 Å². The molecule has 0 aliphatic heterocycles. The summed E-state index contributed by atoms with van der Waals surface area (Å²) in [5, 5.41) is 10.7. The van der Waals surface area contributed by atoms with Crippen LogP contribution < -0.4 is 4.74 Å². The lowest BCUT2D eigenvalue weighted by Gasteiger charge is -2.50. The Hall–Kier alpha value is -2.85. The number of carbonyl (C=O) groups is 1. The van der Waals surface area contributed by atoms with Crippen LogP contribution in [-0.4, -0.2) is 57.3 Å². The molecule has 4 unspecified atom stereocenters. The van der Waals surface area contributed by atoms with E-state index in [0.29, 0.717) is 6.61 Å². The highest BCUT2D eigenvalue weighted by molar-refractivity contribution is 6.74. The number of rotatable bonds is 18. The SMILES string of the molecule is COc1ccc(COC(C(CO)OCc2ccccc2)C(C)(C)C(O[Si](C)(C)C(C)(C)C)C(OCc2ccccc2)C(C)=O)cc1.